The highest BCUT2D eigenvalue weighted by Crippen LogP contribution is 1.98. The van der Waals surface area contributed by atoms with Crippen molar-refractivity contribution in [1.82, 2.24) is 20.7 Å². The van der Waals surface area contributed by atoms with Crippen LogP contribution in [0.5, 0.6) is 0 Å². The first kappa shape index (κ1) is 11.2. The van der Waals surface area contributed by atoms with Crippen molar-refractivity contribution in [3.63, 3.8) is 0 Å². The van der Waals surface area contributed by atoms with Gasteiger partial charge in [0.2, 0.25) is 0 Å². The largest absolute Gasteiger partial charge is 0.480 e. The molecule has 1 rings (SSSR count). The van der Waals surface area contributed by atoms with Crippen molar-refractivity contribution >= 4 is 11.9 Å². The summed E-state index contributed by atoms with van der Waals surface area (Å²) < 4.78 is 0. The van der Waals surface area contributed by atoms with E-state index < -0.39 is 17.9 Å². The van der Waals surface area contributed by atoms with E-state index >= 15 is 0 Å². The van der Waals surface area contributed by atoms with Gasteiger partial charge < -0.3 is 10.4 Å². The van der Waals surface area contributed by atoms with Gasteiger partial charge in [-0.25, -0.2) is 4.79 Å². The van der Waals surface area contributed by atoms with E-state index in [1.54, 1.807) is 0 Å². The minimum atomic E-state index is -1.05. The molecule has 0 bridgehead atoms. The summed E-state index contributed by atoms with van der Waals surface area (Å²) in [5.74, 6) is -1.58. The van der Waals surface area contributed by atoms with Crippen molar-refractivity contribution in [2.24, 2.45) is 0 Å². The third-order valence-corrected chi connectivity index (χ3v) is 1.83. The van der Waals surface area contributed by atoms with Crippen molar-refractivity contribution in [2.45, 2.75) is 25.8 Å². The zero-order valence-electron chi connectivity index (χ0n) is 8.23. The first-order valence-electron chi connectivity index (χ1n) is 4.54. The molecule has 0 aromatic carbocycles. The lowest BCUT2D eigenvalue weighted by Crippen LogP contribution is -2.40. The molecule has 1 amide bonds. The maximum atomic E-state index is 11.4. The van der Waals surface area contributed by atoms with Crippen molar-refractivity contribution in [3.05, 3.63) is 11.9 Å². The number of nitrogens with one attached hydrogen (secondary N) is 2. The van der Waals surface area contributed by atoms with Crippen LogP contribution in [0.4, 0.5) is 0 Å². The minimum absolute atomic E-state index is 0.0809. The van der Waals surface area contributed by atoms with Crippen molar-refractivity contribution in [3.8, 4) is 0 Å². The Morgan fingerprint density at radius 2 is 2.40 bits per heavy atom. The Morgan fingerprint density at radius 1 is 1.67 bits per heavy atom. The SMILES string of the molecule is CCC[C@H](NC(=O)c1cn[nH]n1)C(=O)O. The van der Waals surface area contributed by atoms with E-state index in [1.165, 1.54) is 6.20 Å². The number of rotatable bonds is 5. The number of carbonyl (C=O) groups is 2. The van der Waals surface area contributed by atoms with Gasteiger partial charge >= 0.3 is 5.97 Å². The molecule has 0 aliphatic rings. The van der Waals surface area contributed by atoms with E-state index in [2.05, 4.69) is 20.7 Å². The highest BCUT2D eigenvalue weighted by atomic mass is 16.4. The van der Waals surface area contributed by atoms with Crippen LogP contribution in [0.25, 0.3) is 0 Å². The summed E-state index contributed by atoms with van der Waals surface area (Å²) in [6.45, 7) is 1.85. The molecule has 0 spiro atoms. The molecule has 0 radical (unpaired) electrons. The number of hydrogen-bond donors (Lipinski definition) is 3. The number of aliphatic carboxylic acids is 1. The van der Waals surface area contributed by atoms with Crippen molar-refractivity contribution in [2.75, 3.05) is 0 Å². The predicted molar refractivity (Wildman–Crippen MR) is 50.2 cm³/mol. The molecule has 1 heterocycles. The lowest BCUT2D eigenvalue weighted by molar-refractivity contribution is -0.139. The number of H-pyrrole nitrogens is 1. The molecule has 0 saturated heterocycles. The molecule has 3 N–H and O–H groups in total. The molecule has 15 heavy (non-hydrogen) atoms. The van der Waals surface area contributed by atoms with Crippen LogP contribution < -0.4 is 5.32 Å². The average molecular weight is 212 g/mol. The average Bonchev–Trinajstić information content (AvgIpc) is 2.69. The number of amides is 1. The van der Waals surface area contributed by atoms with E-state index in [4.69, 9.17) is 5.11 Å². The van der Waals surface area contributed by atoms with Gasteiger partial charge in [0.15, 0.2) is 5.69 Å². The summed E-state index contributed by atoms with van der Waals surface area (Å²) in [5, 5.41) is 20.4. The normalized spacial score (nSPS) is 12.1. The molecule has 1 atom stereocenters. The van der Waals surface area contributed by atoms with E-state index in [0.29, 0.717) is 12.8 Å². The van der Waals surface area contributed by atoms with E-state index in [-0.39, 0.29) is 5.69 Å². The van der Waals surface area contributed by atoms with Gasteiger partial charge in [-0.05, 0) is 6.42 Å². The number of aromatic nitrogens is 3. The molecule has 0 unspecified atom stereocenters. The van der Waals surface area contributed by atoms with Gasteiger partial charge in [-0.1, -0.05) is 13.3 Å². The van der Waals surface area contributed by atoms with Crippen LogP contribution >= 0.6 is 0 Å². The molecule has 0 saturated carbocycles. The number of nitrogens with zero attached hydrogens (tertiary/aromatic N) is 2. The molecule has 82 valence electrons. The molecule has 1 aromatic heterocycles. The summed E-state index contributed by atoms with van der Waals surface area (Å²) in [6.07, 6.45) is 2.30. The van der Waals surface area contributed by atoms with Gasteiger partial charge in [-0.15, -0.1) is 0 Å². The number of carboxylic acids is 1. The van der Waals surface area contributed by atoms with Crippen LogP contribution in [0, 0.1) is 0 Å². The Hall–Kier alpha value is -1.92. The monoisotopic (exact) mass is 212 g/mol. The van der Waals surface area contributed by atoms with E-state index in [1.807, 2.05) is 6.92 Å². The summed E-state index contributed by atoms with van der Waals surface area (Å²) in [4.78, 5) is 22.1. The maximum absolute atomic E-state index is 11.4. The molecule has 7 nitrogen and oxygen atoms in total. The number of hydrogen-bond acceptors (Lipinski definition) is 4. The molecule has 0 aliphatic heterocycles. The van der Waals surface area contributed by atoms with Gasteiger partial charge in [0, 0.05) is 0 Å². The van der Waals surface area contributed by atoms with Gasteiger partial charge in [0.1, 0.15) is 6.04 Å². The maximum Gasteiger partial charge on any atom is 0.326 e. The predicted octanol–water partition coefficient (Wildman–Crippen LogP) is -0.212. The number of aromatic amines is 1. The van der Waals surface area contributed by atoms with Gasteiger partial charge in [-0.2, -0.15) is 15.4 Å². The van der Waals surface area contributed by atoms with Gasteiger partial charge in [-0.3, -0.25) is 4.79 Å². The Labute approximate surface area is 85.9 Å². The standard InChI is InChI=1S/C8H12N4O3/c1-2-3-5(8(14)15)10-7(13)6-4-9-12-11-6/h4-5H,2-3H2,1H3,(H,10,13)(H,14,15)(H,9,11,12)/t5-/m0/s1. The molecule has 0 fully saturated rings. The summed E-state index contributed by atoms with van der Waals surface area (Å²) in [7, 11) is 0. The zero-order valence-corrected chi connectivity index (χ0v) is 8.23. The number of carbonyl (C=O) groups excluding carboxylic acids is 1. The Balaban J connectivity index is 2.59. The fourth-order valence-corrected chi connectivity index (χ4v) is 1.09. The van der Waals surface area contributed by atoms with Gasteiger partial charge in [0.05, 0.1) is 6.20 Å². The van der Waals surface area contributed by atoms with Crippen molar-refractivity contribution in [1.29, 1.82) is 0 Å². The topological polar surface area (TPSA) is 108 Å². The highest BCUT2D eigenvalue weighted by molar-refractivity contribution is 5.94. The van der Waals surface area contributed by atoms with Crippen LogP contribution in [-0.4, -0.2) is 38.4 Å². The lowest BCUT2D eigenvalue weighted by Gasteiger charge is -2.11. The van der Waals surface area contributed by atoms with Crippen molar-refractivity contribution < 1.29 is 14.7 Å². The third kappa shape index (κ3) is 3.04. The Kier molecular flexibility index (Phi) is 3.78. The third-order valence-electron chi connectivity index (χ3n) is 1.83. The van der Waals surface area contributed by atoms with Crippen LogP contribution in [0.2, 0.25) is 0 Å². The lowest BCUT2D eigenvalue weighted by atomic mass is 10.1. The molecule has 7 heteroatoms. The van der Waals surface area contributed by atoms with Crippen LogP contribution in [-0.2, 0) is 4.79 Å². The highest BCUT2D eigenvalue weighted by Gasteiger charge is 2.20. The first-order chi connectivity index (χ1) is 7.15. The molecular formula is C8H12N4O3. The quantitative estimate of drug-likeness (QED) is 0.625. The zero-order chi connectivity index (χ0) is 11.3. The molecular weight excluding hydrogens is 200 g/mol. The minimum Gasteiger partial charge on any atom is -0.480 e. The van der Waals surface area contributed by atoms with Gasteiger partial charge in [0.25, 0.3) is 5.91 Å². The molecule has 1 aromatic rings. The van der Waals surface area contributed by atoms with E-state index in [9.17, 15) is 9.59 Å². The second-order valence-electron chi connectivity index (χ2n) is 3.01. The second-order valence-corrected chi connectivity index (χ2v) is 3.01. The summed E-state index contributed by atoms with van der Waals surface area (Å²) in [5.41, 5.74) is 0.0809. The van der Waals surface area contributed by atoms with Crippen LogP contribution in [0.15, 0.2) is 6.20 Å². The molecule has 0 aliphatic carbocycles. The first-order valence-corrected chi connectivity index (χ1v) is 4.54. The smallest absolute Gasteiger partial charge is 0.326 e. The summed E-state index contributed by atoms with van der Waals surface area (Å²) >= 11 is 0. The van der Waals surface area contributed by atoms with Crippen LogP contribution in [0.3, 0.4) is 0 Å². The van der Waals surface area contributed by atoms with E-state index in [0.717, 1.165) is 0 Å². The Bertz CT molecular complexity index is 336. The fourth-order valence-electron chi connectivity index (χ4n) is 1.09. The Morgan fingerprint density at radius 3 is 2.87 bits per heavy atom. The summed E-state index contributed by atoms with van der Waals surface area (Å²) in [6, 6.07) is -0.876. The fraction of sp³-hybridized carbons (Fsp3) is 0.500. The second kappa shape index (κ2) is 5.08. The van der Waals surface area contributed by atoms with Crippen LogP contribution in [0.1, 0.15) is 30.3 Å². The number of carboxylic acid groups (broad SMARTS) is 1.